The SMILES string of the molecule is C=CCNC(=O)CN1CCN(C(=O)[C@H]2NCCO[C@@H]2C)CC1.Cl.Cl. The predicted molar refractivity (Wildman–Crippen MR) is 97.9 cm³/mol. The summed E-state index contributed by atoms with van der Waals surface area (Å²) in [6.07, 6.45) is 1.57. The molecule has 9 heteroatoms. The van der Waals surface area contributed by atoms with Crippen molar-refractivity contribution in [2.24, 2.45) is 0 Å². The number of hydrogen-bond donors (Lipinski definition) is 2. The third kappa shape index (κ3) is 6.57. The quantitative estimate of drug-likeness (QED) is 0.636. The number of ether oxygens (including phenoxy) is 1. The first-order chi connectivity index (χ1) is 10.6. The van der Waals surface area contributed by atoms with Crippen LogP contribution in [0.15, 0.2) is 12.7 Å². The number of hydrogen-bond acceptors (Lipinski definition) is 5. The van der Waals surface area contributed by atoms with Gasteiger partial charge in [0.05, 0.1) is 19.3 Å². The van der Waals surface area contributed by atoms with Crippen molar-refractivity contribution in [1.82, 2.24) is 20.4 Å². The van der Waals surface area contributed by atoms with Gasteiger partial charge in [0.2, 0.25) is 11.8 Å². The monoisotopic (exact) mass is 382 g/mol. The smallest absolute Gasteiger partial charge is 0.242 e. The second kappa shape index (κ2) is 11.7. The lowest BCUT2D eigenvalue weighted by Gasteiger charge is -2.38. The van der Waals surface area contributed by atoms with E-state index in [1.165, 1.54) is 0 Å². The maximum absolute atomic E-state index is 12.5. The number of carbonyl (C=O) groups is 2. The number of nitrogens with zero attached hydrogens (tertiary/aromatic N) is 2. The van der Waals surface area contributed by atoms with Gasteiger partial charge in [-0.05, 0) is 6.92 Å². The molecular weight excluding hydrogens is 355 g/mol. The average molecular weight is 383 g/mol. The van der Waals surface area contributed by atoms with E-state index in [1.54, 1.807) is 6.08 Å². The van der Waals surface area contributed by atoms with E-state index in [4.69, 9.17) is 4.74 Å². The second-order valence-electron chi connectivity index (χ2n) is 5.70. The number of carbonyl (C=O) groups excluding carboxylic acids is 2. The molecule has 2 aliphatic rings. The van der Waals surface area contributed by atoms with Crippen molar-refractivity contribution in [3.8, 4) is 0 Å². The van der Waals surface area contributed by atoms with Crippen LogP contribution in [0.3, 0.4) is 0 Å². The lowest BCUT2D eigenvalue weighted by molar-refractivity contribution is -0.141. The van der Waals surface area contributed by atoms with Gasteiger partial charge in [0, 0.05) is 39.3 Å². The Morgan fingerprint density at radius 2 is 1.96 bits per heavy atom. The van der Waals surface area contributed by atoms with Crippen LogP contribution in [-0.2, 0) is 14.3 Å². The molecular formula is C15H28Cl2N4O3. The van der Waals surface area contributed by atoms with E-state index in [1.807, 2.05) is 11.8 Å². The van der Waals surface area contributed by atoms with Crippen LogP contribution in [-0.4, -0.2) is 86.2 Å². The minimum atomic E-state index is -0.254. The Labute approximate surface area is 156 Å². The highest BCUT2D eigenvalue weighted by Gasteiger charge is 2.33. The fraction of sp³-hybridized carbons (Fsp3) is 0.733. The molecule has 0 bridgehead atoms. The molecule has 2 aliphatic heterocycles. The van der Waals surface area contributed by atoms with Crippen molar-refractivity contribution in [2.75, 3.05) is 52.4 Å². The highest BCUT2D eigenvalue weighted by Crippen LogP contribution is 2.10. The molecule has 2 heterocycles. The molecule has 2 atom stereocenters. The lowest BCUT2D eigenvalue weighted by Crippen LogP contribution is -2.60. The van der Waals surface area contributed by atoms with Crippen LogP contribution in [0.4, 0.5) is 0 Å². The summed E-state index contributed by atoms with van der Waals surface area (Å²) in [6.45, 7) is 10.5. The molecule has 0 unspecified atom stereocenters. The van der Waals surface area contributed by atoms with Crippen LogP contribution in [0.2, 0.25) is 0 Å². The van der Waals surface area contributed by atoms with E-state index in [-0.39, 0.29) is 48.8 Å². The van der Waals surface area contributed by atoms with Crippen LogP contribution in [0.5, 0.6) is 0 Å². The van der Waals surface area contributed by atoms with Gasteiger partial charge in [0.25, 0.3) is 0 Å². The highest BCUT2D eigenvalue weighted by molar-refractivity contribution is 5.85. The Hall–Kier alpha value is -0.860. The first-order valence-electron chi connectivity index (χ1n) is 7.85. The van der Waals surface area contributed by atoms with Crippen molar-refractivity contribution in [3.63, 3.8) is 0 Å². The van der Waals surface area contributed by atoms with Crippen molar-refractivity contribution < 1.29 is 14.3 Å². The van der Waals surface area contributed by atoms with Crippen molar-refractivity contribution in [2.45, 2.75) is 19.1 Å². The molecule has 2 saturated heterocycles. The summed E-state index contributed by atoms with van der Waals surface area (Å²) < 4.78 is 5.53. The standard InChI is InChI=1S/C15H26N4O3.2ClH/c1-3-4-16-13(20)11-18-6-8-19(9-7-18)15(21)14-12(2)22-10-5-17-14;;/h3,12,14,17H,1,4-11H2,2H3,(H,16,20);2*1H/t12-,14+;;/m1../s1. The molecule has 24 heavy (non-hydrogen) atoms. The fourth-order valence-electron chi connectivity index (χ4n) is 2.78. The minimum absolute atomic E-state index is 0. The maximum atomic E-state index is 12.5. The molecule has 2 amide bonds. The van der Waals surface area contributed by atoms with Crippen molar-refractivity contribution >= 4 is 36.6 Å². The molecule has 7 nitrogen and oxygen atoms in total. The molecule has 0 saturated carbocycles. The normalized spacial score (nSPS) is 24.3. The topological polar surface area (TPSA) is 73.9 Å². The number of halogens is 2. The van der Waals surface area contributed by atoms with Crippen LogP contribution >= 0.6 is 24.8 Å². The van der Waals surface area contributed by atoms with E-state index in [9.17, 15) is 9.59 Å². The van der Waals surface area contributed by atoms with Crippen LogP contribution in [0.25, 0.3) is 0 Å². The Balaban J connectivity index is 0.00000264. The van der Waals surface area contributed by atoms with Gasteiger partial charge in [-0.3, -0.25) is 14.5 Å². The van der Waals surface area contributed by atoms with Gasteiger partial charge in [-0.25, -0.2) is 0 Å². The van der Waals surface area contributed by atoms with Crippen molar-refractivity contribution in [1.29, 1.82) is 0 Å². The van der Waals surface area contributed by atoms with Crippen LogP contribution in [0, 0.1) is 0 Å². The van der Waals surface area contributed by atoms with Gasteiger partial charge in [-0.15, -0.1) is 31.4 Å². The van der Waals surface area contributed by atoms with E-state index >= 15 is 0 Å². The Bertz CT molecular complexity index is 418. The Morgan fingerprint density at radius 3 is 2.54 bits per heavy atom. The lowest BCUT2D eigenvalue weighted by atomic mass is 10.1. The van der Waals surface area contributed by atoms with E-state index < -0.39 is 0 Å². The number of nitrogens with one attached hydrogen (secondary N) is 2. The molecule has 0 aromatic heterocycles. The van der Waals surface area contributed by atoms with Gasteiger partial charge < -0.3 is 20.3 Å². The van der Waals surface area contributed by atoms with Gasteiger partial charge >= 0.3 is 0 Å². The number of morpholine rings is 1. The van der Waals surface area contributed by atoms with Crippen LogP contribution < -0.4 is 10.6 Å². The van der Waals surface area contributed by atoms with E-state index in [0.717, 1.165) is 13.1 Å². The first kappa shape index (κ1) is 23.1. The molecule has 2 fully saturated rings. The molecule has 0 spiro atoms. The molecule has 140 valence electrons. The summed E-state index contributed by atoms with van der Waals surface area (Å²) >= 11 is 0. The fourth-order valence-corrected chi connectivity index (χ4v) is 2.78. The zero-order valence-electron chi connectivity index (χ0n) is 14.0. The molecule has 0 aliphatic carbocycles. The Morgan fingerprint density at radius 1 is 1.29 bits per heavy atom. The first-order valence-corrected chi connectivity index (χ1v) is 7.85. The minimum Gasteiger partial charge on any atom is -0.375 e. The zero-order chi connectivity index (χ0) is 15.9. The van der Waals surface area contributed by atoms with E-state index in [2.05, 4.69) is 22.1 Å². The van der Waals surface area contributed by atoms with Gasteiger partial charge in [0.15, 0.2) is 0 Å². The van der Waals surface area contributed by atoms with Gasteiger partial charge in [-0.1, -0.05) is 6.08 Å². The largest absolute Gasteiger partial charge is 0.375 e. The molecule has 0 radical (unpaired) electrons. The van der Waals surface area contributed by atoms with Gasteiger partial charge in [0.1, 0.15) is 6.04 Å². The molecule has 0 aromatic rings. The molecule has 2 N–H and O–H groups in total. The summed E-state index contributed by atoms with van der Waals surface area (Å²) in [5.74, 6) is 0.0959. The summed E-state index contributed by atoms with van der Waals surface area (Å²) in [4.78, 5) is 28.1. The van der Waals surface area contributed by atoms with Gasteiger partial charge in [-0.2, -0.15) is 0 Å². The number of rotatable bonds is 5. The van der Waals surface area contributed by atoms with Crippen molar-refractivity contribution in [3.05, 3.63) is 12.7 Å². The zero-order valence-corrected chi connectivity index (χ0v) is 15.7. The van der Waals surface area contributed by atoms with E-state index in [0.29, 0.717) is 39.3 Å². The third-order valence-electron chi connectivity index (χ3n) is 4.08. The summed E-state index contributed by atoms with van der Waals surface area (Å²) in [5, 5.41) is 5.99. The molecule has 2 rings (SSSR count). The summed E-state index contributed by atoms with van der Waals surface area (Å²) in [7, 11) is 0. The second-order valence-corrected chi connectivity index (χ2v) is 5.70. The number of amides is 2. The summed E-state index contributed by atoms with van der Waals surface area (Å²) in [6, 6.07) is -0.254. The predicted octanol–water partition coefficient (Wildman–Crippen LogP) is -0.347. The highest BCUT2D eigenvalue weighted by atomic mass is 35.5. The molecule has 0 aromatic carbocycles. The summed E-state index contributed by atoms with van der Waals surface area (Å²) in [5.41, 5.74) is 0. The number of piperazine rings is 1. The third-order valence-corrected chi connectivity index (χ3v) is 4.08. The Kier molecular flexibility index (Phi) is 11.2. The average Bonchev–Trinajstić information content (AvgIpc) is 2.53. The maximum Gasteiger partial charge on any atom is 0.242 e. The van der Waals surface area contributed by atoms with Crippen LogP contribution in [0.1, 0.15) is 6.92 Å².